The molecular formula is C30H32Cl2N2O5S. The summed E-state index contributed by atoms with van der Waals surface area (Å²) >= 11 is 13.5. The van der Waals surface area contributed by atoms with Gasteiger partial charge in [-0.2, -0.15) is 0 Å². The van der Waals surface area contributed by atoms with E-state index in [1.54, 1.807) is 48.9 Å². The summed E-state index contributed by atoms with van der Waals surface area (Å²) in [7, 11) is 1.56. The highest BCUT2D eigenvalue weighted by molar-refractivity contribution is 7.07. The van der Waals surface area contributed by atoms with Crippen LogP contribution in [0.5, 0.6) is 11.5 Å². The molecule has 1 aliphatic heterocycles. The normalized spacial score (nSPS) is 15.2. The Morgan fingerprint density at radius 3 is 2.60 bits per heavy atom. The third kappa shape index (κ3) is 6.45. The Labute approximate surface area is 247 Å². The summed E-state index contributed by atoms with van der Waals surface area (Å²) in [5, 5.41) is 0.817. The first-order valence-electron chi connectivity index (χ1n) is 13.1. The van der Waals surface area contributed by atoms with Crippen molar-refractivity contribution < 1.29 is 19.0 Å². The van der Waals surface area contributed by atoms with E-state index >= 15 is 0 Å². The number of thiazole rings is 1. The number of carbonyl (C=O) groups excluding carboxylic acids is 1. The van der Waals surface area contributed by atoms with Crippen molar-refractivity contribution in [1.29, 1.82) is 0 Å². The molecule has 0 fully saturated rings. The molecule has 0 N–H and O–H groups in total. The van der Waals surface area contributed by atoms with E-state index in [1.165, 1.54) is 11.3 Å². The van der Waals surface area contributed by atoms with Crippen LogP contribution in [0.3, 0.4) is 0 Å². The van der Waals surface area contributed by atoms with Crippen molar-refractivity contribution in [3.63, 3.8) is 0 Å². The van der Waals surface area contributed by atoms with Crippen molar-refractivity contribution in [1.82, 2.24) is 4.57 Å². The quantitative estimate of drug-likeness (QED) is 0.212. The van der Waals surface area contributed by atoms with Crippen LogP contribution in [0.15, 0.2) is 57.5 Å². The molecule has 4 rings (SSSR count). The van der Waals surface area contributed by atoms with Crippen LogP contribution >= 0.6 is 34.5 Å². The number of benzene rings is 2. The fourth-order valence-electron chi connectivity index (χ4n) is 4.27. The molecule has 0 spiro atoms. The van der Waals surface area contributed by atoms with Crippen molar-refractivity contribution in [2.45, 2.75) is 46.6 Å². The molecule has 212 valence electrons. The Bertz CT molecular complexity index is 1620. The van der Waals surface area contributed by atoms with Crippen molar-refractivity contribution in [3.8, 4) is 11.5 Å². The number of fused-ring (bicyclic) bond motifs is 1. The number of rotatable bonds is 10. The summed E-state index contributed by atoms with van der Waals surface area (Å²) in [6.07, 6.45) is 3.66. The smallest absolute Gasteiger partial charge is 0.338 e. The number of aromatic nitrogens is 1. The van der Waals surface area contributed by atoms with Gasteiger partial charge in [0.05, 0.1) is 52.2 Å². The van der Waals surface area contributed by atoms with Gasteiger partial charge in [-0.05, 0) is 60.7 Å². The van der Waals surface area contributed by atoms with Crippen LogP contribution < -0.4 is 24.4 Å². The maximum absolute atomic E-state index is 13.9. The third-order valence-electron chi connectivity index (χ3n) is 6.29. The number of esters is 1. The summed E-state index contributed by atoms with van der Waals surface area (Å²) in [5.74, 6) is 0.740. The van der Waals surface area contributed by atoms with Crippen LogP contribution in [0.4, 0.5) is 0 Å². The minimum Gasteiger partial charge on any atom is -0.493 e. The molecule has 2 heterocycles. The molecule has 0 radical (unpaired) electrons. The highest BCUT2D eigenvalue weighted by atomic mass is 35.5. The van der Waals surface area contributed by atoms with Gasteiger partial charge in [-0.3, -0.25) is 9.36 Å². The van der Waals surface area contributed by atoms with E-state index in [9.17, 15) is 9.59 Å². The third-order valence-corrected chi connectivity index (χ3v) is 8.01. The zero-order valence-corrected chi connectivity index (χ0v) is 25.5. The lowest BCUT2D eigenvalue weighted by molar-refractivity contribution is -0.140. The molecular weight excluding hydrogens is 571 g/mol. The van der Waals surface area contributed by atoms with Crippen LogP contribution in [0.1, 0.15) is 57.7 Å². The van der Waals surface area contributed by atoms with Gasteiger partial charge in [0, 0.05) is 0 Å². The number of allylic oxidation sites excluding steroid dienone is 1. The van der Waals surface area contributed by atoms with Crippen molar-refractivity contribution in [2.24, 2.45) is 10.9 Å². The molecule has 0 saturated heterocycles. The Morgan fingerprint density at radius 1 is 1.15 bits per heavy atom. The van der Waals surface area contributed by atoms with Crippen molar-refractivity contribution in [2.75, 3.05) is 20.3 Å². The molecule has 0 saturated carbocycles. The second kappa shape index (κ2) is 13.1. The van der Waals surface area contributed by atoms with Gasteiger partial charge in [0.15, 0.2) is 16.3 Å². The average molecular weight is 604 g/mol. The predicted molar refractivity (Wildman–Crippen MR) is 159 cm³/mol. The van der Waals surface area contributed by atoms with Gasteiger partial charge in [0.25, 0.3) is 5.56 Å². The fraction of sp³-hybridized carbons (Fsp3) is 0.367. The first kappa shape index (κ1) is 29.9. The summed E-state index contributed by atoms with van der Waals surface area (Å²) < 4.78 is 19.2. The van der Waals surface area contributed by atoms with Crippen LogP contribution in [0.25, 0.3) is 6.08 Å². The molecule has 7 nitrogen and oxygen atoms in total. The van der Waals surface area contributed by atoms with Crippen LogP contribution in [-0.2, 0) is 9.53 Å². The van der Waals surface area contributed by atoms with E-state index in [0.29, 0.717) is 54.3 Å². The molecule has 10 heteroatoms. The standard InChI is InChI=1S/C30H32Cl2N2O5S/c1-6-7-12-38-23-11-9-20(15-24(23)37-5)27-26(29(36)39-16-17(2)3)18(4)33-30-34(27)28(35)25(40-30)14-19-8-10-21(31)22(32)13-19/h8-11,13-15,17,27H,6-7,12,16H2,1-5H3/b25-14-. The van der Waals surface area contributed by atoms with Gasteiger partial charge < -0.3 is 14.2 Å². The van der Waals surface area contributed by atoms with E-state index in [0.717, 1.165) is 18.4 Å². The molecule has 1 aliphatic rings. The lowest BCUT2D eigenvalue weighted by atomic mass is 9.95. The lowest BCUT2D eigenvalue weighted by Crippen LogP contribution is -2.40. The first-order chi connectivity index (χ1) is 19.1. The van der Waals surface area contributed by atoms with E-state index < -0.39 is 12.0 Å². The largest absolute Gasteiger partial charge is 0.493 e. The zero-order chi connectivity index (χ0) is 29.0. The van der Waals surface area contributed by atoms with Crippen LogP contribution in [-0.4, -0.2) is 30.9 Å². The van der Waals surface area contributed by atoms with E-state index in [1.807, 2.05) is 26.0 Å². The number of hydrogen-bond acceptors (Lipinski definition) is 7. The SMILES string of the molecule is CCCCOc1ccc(C2C(C(=O)OCC(C)C)=C(C)N=c3s/c(=C\c4ccc(Cl)c(Cl)c4)c(=O)n32)cc1OC. The second-order valence-electron chi connectivity index (χ2n) is 9.86. The monoisotopic (exact) mass is 602 g/mol. The number of halogens is 2. The number of ether oxygens (including phenoxy) is 3. The Morgan fingerprint density at radius 2 is 1.93 bits per heavy atom. The summed E-state index contributed by atoms with van der Waals surface area (Å²) in [6.45, 7) is 8.59. The molecule has 1 atom stereocenters. The summed E-state index contributed by atoms with van der Waals surface area (Å²) in [6, 6.07) is 9.84. The molecule has 0 bridgehead atoms. The van der Waals surface area contributed by atoms with Gasteiger partial charge in [0.2, 0.25) is 0 Å². The maximum atomic E-state index is 13.9. The average Bonchev–Trinajstić information content (AvgIpc) is 3.22. The highest BCUT2D eigenvalue weighted by Gasteiger charge is 2.34. The summed E-state index contributed by atoms with van der Waals surface area (Å²) in [5.41, 5.74) is 1.90. The first-order valence-corrected chi connectivity index (χ1v) is 14.7. The van der Waals surface area contributed by atoms with Crippen LogP contribution in [0.2, 0.25) is 10.0 Å². The van der Waals surface area contributed by atoms with E-state index in [4.69, 9.17) is 37.4 Å². The Balaban J connectivity index is 1.88. The minimum absolute atomic E-state index is 0.148. The van der Waals surface area contributed by atoms with Crippen LogP contribution in [0, 0.1) is 5.92 Å². The predicted octanol–water partition coefficient (Wildman–Crippen LogP) is 5.93. The van der Waals surface area contributed by atoms with Gasteiger partial charge in [0.1, 0.15) is 0 Å². The number of nitrogens with zero attached hydrogens (tertiary/aromatic N) is 2. The van der Waals surface area contributed by atoms with Gasteiger partial charge in [-0.25, -0.2) is 9.79 Å². The van der Waals surface area contributed by atoms with E-state index in [2.05, 4.69) is 11.9 Å². The lowest BCUT2D eigenvalue weighted by Gasteiger charge is -2.25. The molecule has 1 unspecified atom stereocenters. The van der Waals surface area contributed by atoms with Crippen molar-refractivity contribution in [3.05, 3.63) is 88.5 Å². The van der Waals surface area contributed by atoms with Crippen molar-refractivity contribution >= 4 is 46.6 Å². The topological polar surface area (TPSA) is 79.1 Å². The minimum atomic E-state index is -0.773. The molecule has 3 aromatic rings. The maximum Gasteiger partial charge on any atom is 0.338 e. The highest BCUT2D eigenvalue weighted by Crippen LogP contribution is 2.36. The fourth-order valence-corrected chi connectivity index (χ4v) is 5.62. The zero-order valence-electron chi connectivity index (χ0n) is 23.1. The number of carbonyl (C=O) groups is 1. The molecule has 2 aromatic carbocycles. The molecule has 0 amide bonds. The number of hydrogen-bond donors (Lipinski definition) is 0. The molecule has 40 heavy (non-hydrogen) atoms. The summed E-state index contributed by atoms with van der Waals surface area (Å²) in [4.78, 5) is 32.4. The molecule has 0 aliphatic carbocycles. The second-order valence-corrected chi connectivity index (χ2v) is 11.7. The number of methoxy groups -OCH3 is 1. The van der Waals surface area contributed by atoms with E-state index in [-0.39, 0.29) is 18.1 Å². The Kier molecular flexibility index (Phi) is 9.77. The van der Waals surface area contributed by atoms with Gasteiger partial charge in [-0.1, -0.05) is 73.9 Å². The van der Waals surface area contributed by atoms with Gasteiger partial charge in [-0.15, -0.1) is 0 Å². The molecule has 1 aromatic heterocycles. The van der Waals surface area contributed by atoms with Gasteiger partial charge >= 0.3 is 5.97 Å². The number of unbranched alkanes of at least 4 members (excludes halogenated alkanes) is 1. The Hall–Kier alpha value is -3.07.